The maximum absolute atomic E-state index is 11.0. The molecular formula is C12H10N2O4S. The number of aromatic carboxylic acids is 1. The number of nitrogens with zero attached hydrogens (tertiary/aromatic N) is 1. The van der Waals surface area contributed by atoms with E-state index in [9.17, 15) is 9.59 Å². The minimum Gasteiger partial charge on any atom is -0.481 e. The summed E-state index contributed by atoms with van der Waals surface area (Å²) >= 11 is 0.919. The molecule has 0 aliphatic carbocycles. The highest BCUT2D eigenvalue weighted by Crippen LogP contribution is 2.26. The van der Waals surface area contributed by atoms with Crippen molar-refractivity contribution in [1.82, 2.24) is 4.98 Å². The van der Waals surface area contributed by atoms with Crippen molar-refractivity contribution in [2.45, 2.75) is 6.42 Å². The third kappa shape index (κ3) is 3.29. The van der Waals surface area contributed by atoms with Crippen LogP contribution < -0.4 is 5.32 Å². The number of para-hydroxylation sites is 1. The van der Waals surface area contributed by atoms with Crippen molar-refractivity contribution in [3.63, 3.8) is 0 Å². The first kappa shape index (κ1) is 13.0. The normalized spacial score (nSPS) is 10.1. The van der Waals surface area contributed by atoms with Crippen LogP contribution >= 0.6 is 11.3 Å². The molecule has 1 aromatic heterocycles. The van der Waals surface area contributed by atoms with E-state index in [-0.39, 0.29) is 10.6 Å². The van der Waals surface area contributed by atoms with Gasteiger partial charge in [-0.1, -0.05) is 29.5 Å². The van der Waals surface area contributed by atoms with E-state index in [2.05, 4.69) is 10.3 Å². The van der Waals surface area contributed by atoms with Crippen LogP contribution in [0.15, 0.2) is 30.3 Å². The molecular weight excluding hydrogens is 268 g/mol. The fourth-order valence-corrected chi connectivity index (χ4v) is 2.32. The van der Waals surface area contributed by atoms with Crippen LogP contribution in [0.5, 0.6) is 0 Å². The van der Waals surface area contributed by atoms with E-state index in [1.807, 2.05) is 18.2 Å². The highest BCUT2D eigenvalue weighted by Gasteiger charge is 2.19. The van der Waals surface area contributed by atoms with Crippen LogP contribution in [0, 0.1) is 0 Å². The number of aliphatic carboxylic acids is 1. The standard InChI is InChI=1S/C12H10N2O4S/c15-9(16)6-8-10(11(17)18)19-12(14-8)13-7-4-2-1-3-5-7/h1-5H,6H2,(H,13,14)(H,15,16)(H,17,18). The lowest BCUT2D eigenvalue weighted by molar-refractivity contribution is -0.136. The lowest BCUT2D eigenvalue weighted by Crippen LogP contribution is -2.05. The van der Waals surface area contributed by atoms with Crippen LogP contribution in [0.2, 0.25) is 0 Å². The van der Waals surface area contributed by atoms with E-state index >= 15 is 0 Å². The number of carbonyl (C=O) groups is 2. The average Bonchev–Trinajstić information content (AvgIpc) is 2.72. The molecule has 0 saturated heterocycles. The number of nitrogens with one attached hydrogen (secondary N) is 1. The van der Waals surface area contributed by atoms with Crippen LogP contribution in [0.25, 0.3) is 0 Å². The number of hydrogen-bond acceptors (Lipinski definition) is 5. The van der Waals surface area contributed by atoms with Gasteiger partial charge in [0.2, 0.25) is 0 Å². The Balaban J connectivity index is 2.27. The van der Waals surface area contributed by atoms with Crippen LogP contribution in [0.3, 0.4) is 0 Å². The van der Waals surface area contributed by atoms with Gasteiger partial charge in [-0.05, 0) is 12.1 Å². The number of benzene rings is 1. The number of rotatable bonds is 5. The van der Waals surface area contributed by atoms with Gasteiger partial charge in [-0.15, -0.1) is 0 Å². The first-order valence-electron chi connectivity index (χ1n) is 5.33. The summed E-state index contributed by atoms with van der Waals surface area (Å²) in [7, 11) is 0. The molecule has 98 valence electrons. The van der Waals surface area contributed by atoms with Crippen molar-refractivity contribution in [3.05, 3.63) is 40.9 Å². The van der Waals surface area contributed by atoms with Crippen molar-refractivity contribution >= 4 is 34.1 Å². The number of hydrogen-bond donors (Lipinski definition) is 3. The first-order valence-corrected chi connectivity index (χ1v) is 6.15. The molecule has 19 heavy (non-hydrogen) atoms. The third-order valence-corrected chi connectivity index (χ3v) is 3.24. The summed E-state index contributed by atoms with van der Waals surface area (Å²) in [5.74, 6) is -2.28. The Kier molecular flexibility index (Phi) is 3.76. The van der Waals surface area contributed by atoms with Crippen LogP contribution in [0.4, 0.5) is 10.8 Å². The molecule has 1 aromatic carbocycles. The van der Waals surface area contributed by atoms with Gasteiger partial charge in [-0.3, -0.25) is 4.79 Å². The Hall–Kier alpha value is -2.41. The smallest absolute Gasteiger partial charge is 0.347 e. The topological polar surface area (TPSA) is 99.5 Å². The minimum atomic E-state index is -1.17. The quantitative estimate of drug-likeness (QED) is 0.775. The minimum absolute atomic E-state index is 0.0548. The second-order valence-electron chi connectivity index (χ2n) is 3.66. The average molecular weight is 278 g/mol. The van der Waals surface area contributed by atoms with Crippen molar-refractivity contribution < 1.29 is 19.8 Å². The third-order valence-electron chi connectivity index (χ3n) is 2.24. The predicted molar refractivity (Wildman–Crippen MR) is 70.1 cm³/mol. The molecule has 6 nitrogen and oxygen atoms in total. The fourth-order valence-electron chi connectivity index (χ4n) is 1.48. The van der Waals surface area contributed by atoms with Gasteiger partial charge in [0.05, 0.1) is 12.1 Å². The first-order chi connectivity index (χ1) is 9.06. The lowest BCUT2D eigenvalue weighted by atomic mass is 10.3. The van der Waals surface area contributed by atoms with Crippen molar-refractivity contribution in [2.24, 2.45) is 0 Å². The van der Waals surface area contributed by atoms with Gasteiger partial charge < -0.3 is 15.5 Å². The van der Waals surface area contributed by atoms with E-state index in [0.29, 0.717) is 5.13 Å². The fraction of sp³-hybridized carbons (Fsp3) is 0.0833. The Morgan fingerprint density at radius 2 is 1.89 bits per heavy atom. The van der Waals surface area contributed by atoms with Gasteiger partial charge >= 0.3 is 11.9 Å². The van der Waals surface area contributed by atoms with E-state index < -0.39 is 18.4 Å². The molecule has 0 atom stereocenters. The second kappa shape index (κ2) is 5.49. The Bertz CT molecular complexity index is 609. The maximum Gasteiger partial charge on any atom is 0.347 e. The second-order valence-corrected chi connectivity index (χ2v) is 4.66. The summed E-state index contributed by atoms with van der Waals surface area (Å²) in [6.45, 7) is 0. The molecule has 2 aromatic rings. The molecule has 7 heteroatoms. The summed E-state index contributed by atoms with van der Waals surface area (Å²) in [5, 5.41) is 21.0. The summed E-state index contributed by atoms with van der Waals surface area (Å²) in [4.78, 5) is 25.6. The lowest BCUT2D eigenvalue weighted by Gasteiger charge is -2.00. The number of carboxylic acid groups (broad SMARTS) is 2. The molecule has 0 saturated carbocycles. The van der Waals surface area contributed by atoms with E-state index in [4.69, 9.17) is 10.2 Å². The van der Waals surface area contributed by atoms with Crippen molar-refractivity contribution in [3.8, 4) is 0 Å². The van der Waals surface area contributed by atoms with Gasteiger partial charge in [-0.25, -0.2) is 9.78 Å². The van der Waals surface area contributed by atoms with E-state index in [1.165, 1.54) is 0 Å². The van der Waals surface area contributed by atoms with Crippen LogP contribution in [-0.4, -0.2) is 27.1 Å². The highest BCUT2D eigenvalue weighted by atomic mass is 32.1. The molecule has 0 amide bonds. The predicted octanol–water partition coefficient (Wildman–Crippen LogP) is 2.21. The molecule has 0 aliphatic heterocycles. The molecule has 0 spiro atoms. The number of anilines is 2. The molecule has 1 heterocycles. The largest absolute Gasteiger partial charge is 0.481 e. The maximum atomic E-state index is 11.0. The van der Waals surface area contributed by atoms with Crippen molar-refractivity contribution in [2.75, 3.05) is 5.32 Å². The Morgan fingerprint density at radius 1 is 1.21 bits per heavy atom. The molecule has 3 N–H and O–H groups in total. The molecule has 0 radical (unpaired) electrons. The molecule has 0 aliphatic rings. The summed E-state index contributed by atoms with van der Waals surface area (Å²) in [6, 6.07) is 9.11. The highest BCUT2D eigenvalue weighted by molar-refractivity contribution is 7.17. The van der Waals surface area contributed by atoms with Gasteiger partial charge in [0.15, 0.2) is 5.13 Å². The number of thiazole rings is 1. The van der Waals surface area contributed by atoms with Crippen LogP contribution in [-0.2, 0) is 11.2 Å². The zero-order chi connectivity index (χ0) is 13.8. The summed E-state index contributed by atoms with van der Waals surface area (Å²) in [5.41, 5.74) is 0.818. The summed E-state index contributed by atoms with van der Waals surface area (Å²) in [6.07, 6.45) is -0.408. The van der Waals surface area contributed by atoms with E-state index in [0.717, 1.165) is 17.0 Å². The van der Waals surface area contributed by atoms with Gasteiger partial charge in [-0.2, -0.15) is 0 Å². The van der Waals surface area contributed by atoms with Gasteiger partial charge in [0, 0.05) is 5.69 Å². The van der Waals surface area contributed by atoms with E-state index in [1.54, 1.807) is 12.1 Å². The van der Waals surface area contributed by atoms with Crippen LogP contribution in [0.1, 0.15) is 15.4 Å². The molecule has 2 rings (SSSR count). The number of aromatic nitrogens is 1. The summed E-state index contributed by atoms with van der Waals surface area (Å²) < 4.78 is 0. The molecule has 0 fully saturated rings. The molecule has 0 unspecified atom stereocenters. The SMILES string of the molecule is O=C(O)Cc1nc(Nc2ccccc2)sc1C(=O)O. The zero-order valence-electron chi connectivity index (χ0n) is 9.66. The molecule has 0 bridgehead atoms. The van der Waals surface area contributed by atoms with Gasteiger partial charge in [0.1, 0.15) is 4.88 Å². The monoisotopic (exact) mass is 278 g/mol. The van der Waals surface area contributed by atoms with Gasteiger partial charge in [0.25, 0.3) is 0 Å². The van der Waals surface area contributed by atoms with Crippen molar-refractivity contribution in [1.29, 1.82) is 0 Å². The Morgan fingerprint density at radius 3 is 2.47 bits per heavy atom. The zero-order valence-corrected chi connectivity index (χ0v) is 10.5. The Labute approximate surface area is 112 Å². The number of carboxylic acids is 2.